The fraction of sp³-hybridized carbons (Fsp3) is 0.111. The molecule has 0 spiro atoms. The molecule has 0 saturated heterocycles. The summed E-state index contributed by atoms with van der Waals surface area (Å²) in [5.74, 6) is -0.132. The van der Waals surface area contributed by atoms with E-state index in [1.54, 1.807) is 12.1 Å². The Balaban J connectivity index is 1.94. The molecule has 2 aromatic carbocycles. The van der Waals surface area contributed by atoms with E-state index in [4.69, 9.17) is 11.6 Å². The summed E-state index contributed by atoms with van der Waals surface area (Å²) in [6.45, 7) is 3.74. The van der Waals surface area contributed by atoms with Gasteiger partial charge in [-0.25, -0.2) is 0 Å². The van der Waals surface area contributed by atoms with E-state index in [9.17, 15) is 4.79 Å². The van der Waals surface area contributed by atoms with Crippen LogP contribution >= 0.6 is 27.5 Å². The van der Waals surface area contributed by atoms with Crippen LogP contribution in [0.25, 0.3) is 6.08 Å². The summed E-state index contributed by atoms with van der Waals surface area (Å²) >= 11 is 9.45. The Kier molecular flexibility index (Phi) is 4.37. The molecule has 1 aliphatic rings. The second-order valence-electron chi connectivity index (χ2n) is 5.35. The third-order valence-electron chi connectivity index (χ3n) is 3.63. The van der Waals surface area contributed by atoms with Gasteiger partial charge in [-0.2, -0.15) is 10.1 Å². The molecule has 116 valence electrons. The molecule has 1 aliphatic heterocycles. The molecule has 1 heterocycles. The van der Waals surface area contributed by atoms with Crippen LogP contribution < -0.4 is 5.01 Å². The predicted octanol–water partition coefficient (Wildman–Crippen LogP) is 5.22. The monoisotopic (exact) mass is 388 g/mol. The number of nitrogens with zero attached hydrogens (tertiary/aromatic N) is 2. The summed E-state index contributed by atoms with van der Waals surface area (Å²) in [6, 6.07) is 13.2. The second-order valence-corrected chi connectivity index (χ2v) is 6.67. The molecule has 2 aromatic rings. The molecule has 0 aliphatic carbocycles. The Morgan fingerprint density at radius 3 is 2.48 bits per heavy atom. The lowest BCUT2D eigenvalue weighted by Gasteiger charge is -2.13. The maximum atomic E-state index is 12.7. The molecular formula is C18H14BrClN2O. The Hall–Kier alpha value is -1.91. The summed E-state index contributed by atoms with van der Waals surface area (Å²) in [5.41, 5.74) is 3.89. The highest BCUT2D eigenvalue weighted by atomic mass is 79.9. The number of halogens is 2. The summed E-state index contributed by atoms with van der Waals surface area (Å²) in [5, 5.41) is 6.48. The molecule has 5 heteroatoms. The number of hydrogen-bond donors (Lipinski definition) is 0. The van der Waals surface area contributed by atoms with Crippen LogP contribution in [0, 0.1) is 6.92 Å². The van der Waals surface area contributed by atoms with E-state index >= 15 is 0 Å². The average Bonchev–Trinajstić information content (AvgIpc) is 2.80. The van der Waals surface area contributed by atoms with Gasteiger partial charge in [-0.15, -0.1) is 0 Å². The quantitative estimate of drug-likeness (QED) is 0.648. The van der Waals surface area contributed by atoms with Gasteiger partial charge < -0.3 is 0 Å². The molecule has 0 atom stereocenters. The number of anilines is 1. The number of carbonyl (C=O) groups excluding carboxylic acids is 1. The third-order valence-corrected chi connectivity index (χ3v) is 4.58. The Labute approximate surface area is 148 Å². The first-order valence-corrected chi connectivity index (χ1v) is 8.26. The Bertz CT molecular complexity index is 841. The standard InChI is InChI=1S/C18H14BrClN2O/c1-11-9-15(7-8-17(11)20)22-18(23)16(12(2)21-22)10-13-3-5-14(19)6-4-13/h3-10H,1-2H3/b16-10+. The minimum absolute atomic E-state index is 0.132. The van der Waals surface area contributed by atoms with Crippen LogP contribution in [-0.4, -0.2) is 11.6 Å². The van der Waals surface area contributed by atoms with Gasteiger partial charge in [0.1, 0.15) is 0 Å². The molecule has 0 bridgehead atoms. The average molecular weight is 390 g/mol. The SMILES string of the molecule is CC1=NN(c2ccc(Cl)c(C)c2)C(=O)/C1=C/c1ccc(Br)cc1. The molecule has 1 amide bonds. The number of carbonyl (C=O) groups is 1. The van der Waals surface area contributed by atoms with Gasteiger partial charge in [0.05, 0.1) is 17.0 Å². The van der Waals surface area contributed by atoms with E-state index in [1.165, 1.54) is 5.01 Å². The zero-order chi connectivity index (χ0) is 16.6. The fourth-order valence-electron chi connectivity index (χ4n) is 2.35. The molecule has 0 radical (unpaired) electrons. The van der Waals surface area contributed by atoms with E-state index in [0.29, 0.717) is 16.3 Å². The summed E-state index contributed by atoms with van der Waals surface area (Å²) in [4.78, 5) is 12.7. The van der Waals surface area contributed by atoms with E-state index < -0.39 is 0 Å². The first kappa shape index (κ1) is 16.0. The maximum absolute atomic E-state index is 12.7. The minimum Gasteiger partial charge on any atom is -0.267 e. The van der Waals surface area contributed by atoms with Gasteiger partial charge >= 0.3 is 0 Å². The molecule has 3 nitrogen and oxygen atoms in total. The molecule has 3 rings (SSSR count). The number of hydrazone groups is 1. The largest absolute Gasteiger partial charge is 0.280 e. The molecule has 0 fully saturated rings. The Morgan fingerprint density at radius 1 is 1.13 bits per heavy atom. The zero-order valence-corrected chi connectivity index (χ0v) is 15.0. The number of hydrogen-bond acceptors (Lipinski definition) is 2. The van der Waals surface area contributed by atoms with Crippen LogP contribution in [0.4, 0.5) is 5.69 Å². The minimum atomic E-state index is -0.132. The van der Waals surface area contributed by atoms with Crippen molar-refractivity contribution >= 4 is 50.9 Å². The maximum Gasteiger partial charge on any atom is 0.280 e. The number of aryl methyl sites for hydroxylation is 1. The van der Waals surface area contributed by atoms with E-state index in [2.05, 4.69) is 21.0 Å². The Morgan fingerprint density at radius 2 is 1.83 bits per heavy atom. The fourth-order valence-corrected chi connectivity index (χ4v) is 2.73. The molecule has 0 N–H and O–H groups in total. The lowest BCUT2D eigenvalue weighted by atomic mass is 10.1. The lowest BCUT2D eigenvalue weighted by molar-refractivity contribution is -0.114. The number of rotatable bonds is 2. The van der Waals surface area contributed by atoms with Crippen LogP contribution in [0.2, 0.25) is 5.02 Å². The van der Waals surface area contributed by atoms with Crippen molar-refractivity contribution in [3.63, 3.8) is 0 Å². The van der Waals surface area contributed by atoms with Crippen molar-refractivity contribution in [3.05, 3.63) is 68.7 Å². The molecule has 0 aromatic heterocycles. The van der Waals surface area contributed by atoms with Gasteiger partial charge in [0, 0.05) is 9.50 Å². The van der Waals surface area contributed by atoms with Crippen LogP contribution in [0.1, 0.15) is 18.1 Å². The first-order chi connectivity index (χ1) is 11.0. The van der Waals surface area contributed by atoms with Crippen LogP contribution in [-0.2, 0) is 4.79 Å². The summed E-state index contributed by atoms with van der Waals surface area (Å²) < 4.78 is 1.00. The van der Waals surface area contributed by atoms with E-state index in [-0.39, 0.29) is 5.91 Å². The van der Waals surface area contributed by atoms with Gasteiger partial charge in [-0.1, -0.05) is 39.7 Å². The highest BCUT2D eigenvalue weighted by Crippen LogP contribution is 2.28. The molecule has 0 unspecified atom stereocenters. The van der Waals surface area contributed by atoms with Crippen molar-refractivity contribution < 1.29 is 4.79 Å². The highest BCUT2D eigenvalue weighted by Gasteiger charge is 2.28. The summed E-state index contributed by atoms with van der Waals surface area (Å²) in [7, 11) is 0. The van der Waals surface area contributed by atoms with Crippen molar-refractivity contribution in [3.8, 4) is 0 Å². The van der Waals surface area contributed by atoms with Gasteiger partial charge in [0.25, 0.3) is 5.91 Å². The number of benzene rings is 2. The first-order valence-electron chi connectivity index (χ1n) is 7.09. The second kappa shape index (κ2) is 6.30. The van der Waals surface area contributed by atoms with Gasteiger partial charge in [0.2, 0.25) is 0 Å². The molecule has 23 heavy (non-hydrogen) atoms. The normalized spacial score (nSPS) is 16.2. The van der Waals surface area contributed by atoms with Crippen LogP contribution in [0.5, 0.6) is 0 Å². The van der Waals surface area contributed by atoms with Crippen molar-refractivity contribution in [2.24, 2.45) is 5.10 Å². The van der Waals surface area contributed by atoms with Crippen molar-refractivity contribution in [1.82, 2.24) is 0 Å². The lowest BCUT2D eigenvalue weighted by Crippen LogP contribution is -2.21. The third kappa shape index (κ3) is 3.23. The van der Waals surface area contributed by atoms with Crippen LogP contribution in [0.3, 0.4) is 0 Å². The van der Waals surface area contributed by atoms with Crippen molar-refractivity contribution in [2.45, 2.75) is 13.8 Å². The highest BCUT2D eigenvalue weighted by molar-refractivity contribution is 9.10. The van der Waals surface area contributed by atoms with Gasteiger partial charge in [-0.3, -0.25) is 4.79 Å². The van der Waals surface area contributed by atoms with E-state index in [0.717, 1.165) is 21.3 Å². The van der Waals surface area contributed by atoms with Crippen molar-refractivity contribution in [2.75, 3.05) is 5.01 Å². The van der Waals surface area contributed by atoms with E-state index in [1.807, 2.05) is 50.3 Å². The van der Waals surface area contributed by atoms with Gasteiger partial charge in [0.15, 0.2) is 0 Å². The molecule has 0 saturated carbocycles. The predicted molar refractivity (Wildman–Crippen MR) is 98.9 cm³/mol. The number of amides is 1. The van der Waals surface area contributed by atoms with Gasteiger partial charge in [-0.05, 0) is 61.4 Å². The zero-order valence-electron chi connectivity index (χ0n) is 12.7. The van der Waals surface area contributed by atoms with Crippen LogP contribution in [0.15, 0.2) is 57.6 Å². The van der Waals surface area contributed by atoms with Crippen molar-refractivity contribution in [1.29, 1.82) is 0 Å². The molecular weight excluding hydrogens is 376 g/mol. The topological polar surface area (TPSA) is 32.7 Å². The smallest absolute Gasteiger partial charge is 0.267 e. The summed E-state index contributed by atoms with van der Waals surface area (Å²) in [6.07, 6.45) is 1.86.